The molecule has 4 saturated heterocycles. The molecule has 6 aliphatic rings. The molecule has 2 amide bonds. The Bertz CT molecular complexity index is 2920. The lowest BCUT2D eigenvalue weighted by Gasteiger charge is -2.39. The number of anilines is 1. The molecule has 5 atom stereocenters. The van der Waals surface area contributed by atoms with Crippen molar-refractivity contribution in [1.82, 2.24) is 24.8 Å². The van der Waals surface area contributed by atoms with Crippen molar-refractivity contribution < 1.29 is 27.5 Å². The molecule has 6 fully saturated rings. The first-order chi connectivity index (χ1) is 31.1. The van der Waals surface area contributed by atoms with Gasteiger partial charge in [-0.15, -0.1) is 0 Å². The number of nitriles is 1. The Morgan fingerprint density at radius 3 is 2.52 bits per heavy atom. The van der Waals surface area contributed by atoms with Crippen LogP contribution in [0.3, 0.4) is 0 Å². The molecule has 64 heavy (non-hydrogen) atoms. The fourth-order valence-corrected chi connectivity index (χ4v) is 11.0. The fourth-order valence-electron chi connectivity index (χ4n) is 10.6. The van der Waals surface area contributed by atoms with Gasteiger partial charge in [-0.25, -0.2) is 23.1 Å². The van der Waals surface area contributed by atoms with Gasteiger partial charge in [-0.05, 0) is 86.1 Å². The summed E-state index contributed by atoms with van der Waals surface area (Å²) in [4.78, 5) is 40.4. The number of hydrogen-bond donors (Lipinski definition) is 1. The highest BCUT2D eigenvalue weighted by Crippen LogP contribution is 2.52. The average molecular weight is 905 g/mol. The van der Waals surface area contributed by atoms with E-state index in [2.05, 4.69) is 22.0 Å². The Balaban J connectivity index is 1.15. The van der Waals surface area contributed by atoms with Crippen molar-refractivity contribution >= 4 is 62.6 Å². The predicted octanol–water partition coefficient (Wildman–Crippen LogP) is 10.0. The van der Waals surface area contributed by atoms with Gasteiger partial charge in [0.25, 0.3) is 0 Å². The van der Waals surface area contributed by atoms with Crippen LogP contribution in [0.4, 0.5) is 19.0 Å². The number of carbonyl (C=O) groups excluding carboxylic acids is 2. The molecule has 4 aliphatic heterocycles. The summed E-state index contributed by atoms with van der Waals surface area (Å²) in [5.74, 6) is -1.35. The number of likely N-dealkylation sites (tertiary alicyclic amines) is 1. The minimum Gasteiger partial charge on any atom is -0.371 e. The summed E-state index contributed by atoms with van der Waals surface area (Å²) >= 11 is 13.3. The van der Waals surface area contributed by atoms with Crippen molar-refractivity contribution in [2.75, 3.05) is 24.5 Å². The number of hydrogen-bond acceptors (Lipinski definition) is 7. The van der Waals surface area contributed by atoms with Crippen LogP contribution in [0.5, 0.6) is 0 Å². The van der Waals surface area contributed by atoms with Crippen LogP contribution in [0.2, 0.25) is 10.0 Å². The van der Waals surface area contributed by atoms with E-state index in [4.69, 9.17) is 37.9 Å². The Kier molecular flexibility index (Phi) is 10.4. The van der Waals surface area contributed by atoms with Crippen LogP contribution < -0.4 is 10.2 Å². The third kappa shape index (κ3) is 6.84. The lowest BCUT2D eigenvalue weighted by atomic mass is 9.79. The highest BCUT2D eigenvalue weighted by atomic mass is 35.5. The maximum absolute atomic E-state index is 17.9. The van der Waals surface area contributed by atoms with E-state index in [1.807, 2.05) is 17.0 Å². The number of nitrogens with zero attached hydrogens (tertiary/aromatic N) is 6. The van der Waals surface area contributed by atoms with Gasteiger partial charge in [0.05, 0.1) is 52.1 Å². The summed E-state index contributed by atoms with van der Waals surface area (Å²) in [6, 6.07) is 18.2. The van der Waals surface area contributed by atoms with E-state index < -0.39 is 29.6 Å². The number of pyridine rings is 2. The highest BCUT2D eigenvalue weighted by molar-refractivity contribution is 6.43. The standard InChI is InChI=1S/C49H42Cl2F3N7O3/c50-34-7-1-6-30(43(34)51)42-26(5-3-15-55)17-31-46(44(42)54)58-45(27-13-14-40(57-21-27)59-16-4-10-41(59)62)32-20-39(61(48(31)32)47-28-18-37(47)56-22-28)38-19-29(23-60(38)49(63)25-11-12-25)64-24-33-35(52)8-2-9-36(33)53/h1-2,6-9,13-14,17,20-21,25,28-29,37-38,47,56H,3-5,10-12,16,18-19,22-24H2/t28-,29+,37-,38-,47+/m1/s1. The minimum absolute atomic E-state index is 0.00147. The molecule has 1 N–H and O–H groups in total. The molecule has 15 heteroatoms. The molecule has 0 radical (unpaired) electrons. The Hall–Kier alpha value is -5.52. The zero-order valence-electron chi connectivity index (χ0n) is 34.6. The molecule has 12 rings (SSSR count). The van der Waals surface area contributed by atoms with Gasteiger partial charge in [-0.2, -0.15) is 5.26 Å². The molecular weight excluding hydrogens is 862 g/mol. The van der Waals surface area contributed by atoms with Crippen molar-refractivity contribution in [2.45, 2.75) is 82.2 Å². The summed E-state index contributed by atoms with van der Waals surface area (Å²) in [6.45, 7) is 1.30. The monoisotopic (exact) mass is 903 g/mol. The number of ether oxygens (including phenoxy) is 1. The van der Waals surface area contributed by atoms with Gasteiger partial charge in [0, 0.05) is 95.8 Å². The van der Waals surface area contributed by atoms with Gasteiger partial charge < -0.3 is 19.5 Å². The Morgan fingerprint density at radius 1 is 1.02 bits per heavy atom. The molecule has 0 unspecified atom stereocenters. The number of carbonyl (C=O) groups is 2. The summed E-state index contributed by atoms with van der Waals surface area (Å²) in [5.41, 5.74) is 3.70. The van der Waals surface area contributed by atoms with Gasteiger partial charge in [-0.3, -0.25) is 14.5 Å². The molecular formula is C49H42Cl2F3N7O3. The third-order valence-corrected chi connectivity index (χ3v) is 14.8. The summed E-state index contributed by atoms with van der Waals surface area (Å²) < 4.78 is 56.1. The second-order valence-electron chi connectivity index (χ2n) is 17.7. The first kappa shape index (κ1) is 41.2. The highest BCUT2D eigenvalue weighted by Gasteiger charge is 2.51. The smallest absolute Gasteiger partial charge is 0.228 e. The number of benzene rings is 3. The first-order valence-electron chi connectivity index (χ1n) is 22.0. The second kappa shape index (κ2) is 16.2. The minimum atomic E-state index is -0.697. The lowest BCUT2D eigenvalue weighted by Crippen LogP contribution is -2.41. The van der Waals surface area contributed by atoms with Crippen LogP contribution in [0.15, 0.2) is 66.9 Å². The number of amides is 2. The van der Waals surface area contributed by atoms with Crippen molar-refractivity contribution in [3.05, 3.63) is 111 Å². The zero-order valence-corrected chi connectivity index (χ0v) is 36.1. The van der Waals surface area contributed by atoms with Crippen LogP contribution in [-0.4, -0.2) is 63.0 Å². The molecule has 3 aromatic carbocycles. The van der Waals surface area contributed by atoms with E-state index in [0.717, 1.165) is 48.8 Å². The van der Waals surface area contributed by atoms with E-state index in [0.29, 0.717) is 53.0 Å². The summed E-state index contributed by atoms with van der Waals surface area (Å²) in [6.07, 6.45) is 5.54. The third-order valence-electron chi connectivity index (χ3n) is 14.0. The fraction of sp³-hybridized carbons (Fsp3) is 0.367. The van der Waals surface area contributed by atoms with Crippen LogP contribution in [-0.2, 0) is 27.4 Å². The first-order valence-corrected chi connectivity index (χ1v) is 22.7. The lowest BCUT2D eigenvalue weighted by molar-refractivity contribution is -0.134. The number of aryl methyl sites for hydroxylation is 1. The SMILES string of the molecule is N#CCCc1cc2c(nc(-c3ccc(N4CCCC4=O)nc3)c3cc([C@H]4C[C@H](OCc5c(F)cccc5F)CN4C(=O)C4CC4)n([C@H]4[C@H]5CN[C@@H]4C5)c32)c(F)c1-c1cccc(Cl)c1Cl. The quantitative estimate of drug-likeness (QED) is 0.138. The van der Waals surface area contributed by atoms with Gasteiger partial charge in [-0.1, -0.05) is 41.4 Å². The van der Waals surface area contributed by atoms with Crippen LogP contribution in [0, 0.1) is 40.6 Å². The van der Waals surface area contributed by atoms with Crippen molar-refractivity contribution in [1.29, 1.82) is 5.26 Å². The molecule has 2 saturated carbocycles. The van der Waals surface area contributed by atoms with E-state index >= 15 is 4.39 Å². The normalized spacial score (nSPS) is 22.8. The average Bonchev–Trinajstić information content (AvgIpc) is 3.72. The van der Waals surface area contributed by atoms with E-state index in [-0.39, 0.29) is 88.4 Å². The predicted molar refractivity (Wildman–Crippen MR) is 237 cm³/mol. The summed E-state index contributed by atoms with van der Waals surface area (Å²) in [7, 11) is 0. The van der Waals surface area contributed by atoms with Crippen LogP contribution >= 0.6 is 23.2 Å². The van der Waals surface area contributed by atoms with E-state index in [9.17, 15) is 23.6 Å². The number of nitrogens with one attached hydrogen (secondary N) is 1. The molecule has 2 aliphatic carbocycles. The summed E-state index contributed by atoms with van der Waals surface area (Å²) in [5, 5.41) is 15.2. The Morgan fingerprint density at radius 2 is 1.83 bits per heavy atom. The molecule has 3 aromatic heterocycles. The maximum atomic E-state index is 17.9. The number of halogens is 5. The van der Waals surface area contributed by atoms with Gasteiger partial charge >= 0.3 is 0 Å². The molecule has 2 bridgehead atoms. The van der Waals surface area contributed by atoms with Gasteiger partial charge in [0.1, 0.15) is 23.0 Å². The Labute approximate surface area is 376 Å². The molecule has 10 nitrogen and oxygen atoms in total. The van der Waals surface area contributed by atoms with Gasteiger partial charge in [0.2, 0.25) is 11.8 Å². The van der Waals surface area contributed by atoms with E-state index in [1.54, 1.807) is 35.4 Å². The number of fused-ring (bicyclic) bond motifs is 4. The zero-order chi connectivity index (χ0) is 44.0. The van der Waals surface area contributed by atoms with Crippen molar-refractivity contribution in [2.24, 2.45) is 11.8 Å². The molecule has 7 heterocycles. The number of rotatable bonds is 11. The van der Waals surface area contributed by atoms with Crippen LogP contribution in [0.25, 0.3) is 44.2 Å². The largest absolute Gasteiger partial charge is 0.371 e. The van der Waals surface area contributed by atoms with Crippen molar-refractivity contribution in [3.8, 4) is 28.5 Å². The maximum Gasteiger partial charge on any atom is 0.228 e. The molecule has 6 aromatic rings. The van der Waals surface area contributed by atoms with E-state index in [1.165, 1.54) is 18.2 Å². The second-order valence-corrected chi connectivity index (χ2v) is 18.5. The topological polar surface area (TPSA) is 116 Å². The van der Waals surface area contributed by atoms with Crippen molar-refractivity contribution in [3.63, 3.8) is 0 Å². The number of aromatic nitrogens is 3. The molecule has 0 spiro atoms. The molecule has 326 valence electrons. The van der Waals surface area contributed by atoms with Crippen LogP contribution in [0.1, 0.15) is 73.9 Å². The van der Waals surface area contributed by atoms with Gasteiger partial charge in [0.15, 0.2) is 5.82 Å².